The zero-order chi connectivity index (χ0) is 20.4. The Morgan fingerprint density at radius 3 is 2.55 bits per heavy atom. The van der Waals surface area contributed by atoms with Crippen LogP contribution in [-0.4, -0.2) is 21.8 Å². The summed E-state index contributed by atoms with van der Waals surface area (Å²) >= 11 is 1.27. The molecule has 0 radical (unpaired) electrons. The SMILES string of the molecule is CC(=O)Nc1ccc(-c2csc(NC(=O)c3c[nH]c4ccccc4c3=O)n2)cc1. The maximum absolute atomic E-state index is 12.6. The van der Waals surface area contributed by atoms with Crippen molar-refractivity contribution in [1.82, 2.24) is 9.97 Å². The van der Waals surface area contributed by atoms with Crippen LogP contribution in [0.5, 0.6) is 0 Å². The average Bonchev–Trinajstić information content (AvgIpc) is 3.17. The summed E-state index contributed by atoms with van der Waals surface area (Å²) < 4.78 is 0. The van der Waals surface area contributed by atoms with Gasteiger partial charge in [0.15, 0.2) is 5.13 Å². The van der Waals surface area contributed by atoms with Crippen molar-refractivity contribution in [1.29, 1.82) is 0 Å². The number of nitrogens with one attached hydrogen (secondary N) is 3. The Hall–Kier alpha value is -3.78. The number of fused-ring (bicyclic) bond motifs is 1. The Balaban J connectivity index is 1.53. The molecule has 0 aliphatic rings. The molecule has 0 aliphatic heterocycles. The molecular formula is C21H16N4O3S. The van der Waals surface area contributed by atoms with Crippen molar-refractivity contribution in [2.24, 2.45) is 0 Å². The highest BCUT2D eigenvalue weighted by Gasteiger charge is 2.15. The lowest BCUT2D eigenvalue weighted by molar-refractivity contribution is -0.114. The first kappa shape index (κ1) is 18.6. The summed E-state index contributed by atoms with van der Waals surface area (Å²) in [7, 11) is 0. The molecule has 2 heterocycles. The average molecular weight is 404 g/mol. The monoisotopic (exact) mass is 404 g/mol. The van der Waals surface area contributed by atoms with Crippen LogP contribution in [0.1, 0.15) is 17.3 Å². The number of carbonyl (C=O) groups is 2. The summed E-state index contributed by atoms with van der Waals surface area (Å²) in [6.45, 7) is 1.45. The maximum Gasteiger partial charge on any atom is 0.262 e. The number of para-hydroxylation sites is 1. The molecule has 0 saturated carbocycles. The minimum Gasteiger partial charge on any atom is -0.360 e. The molecule has 0 fully saturated rings. The van der Waals surface area contributed by atoms with Crippen LogP contribution >= 0.6 is 11.3 Å². The largest absolute Gasteiger partial charge is 0.360 e. The molecule has 0 spiro atoms. The van der Waals surface area contributed by atoms with Crippen LogP contribution in [0.2, 0.25) is 0 Å². The van der Waals surface area contributed by atoms with Gasteiger partial charge in [-0.25, -0.2) is 4.98 Å². The predicted molar refractivity (Wildman–Crippen MR) is 114 cm³/mol. The van der Waals surface area contributed by atoms with E-state index in [2.05, 4.69) is 20.6 Å². The first-order valence-corrected chi connectivity index (χ1v) is 9.64. The number of amides is 2. The zero-order valence-electron chi connectivity index (χ0n) is 15.4. The summed E-state index contributed by atoms with van der Waals surface area (Å²) in [6.07, 6.45) is 1.41. The van der Waals surface area contributed by atoms with Gasteiger partial charge in [0.1, 0.15) is 5.56 Å². The van der Waals surface area contributed by atoms with E-state index in [1.807, 2.05) is 23.6 Å². The molecule has 0 unspecified atom stereocenters. The van der Waals surface area contributed by atoms with Crippen molar-refractivity contribution in [2.45, 2.75) is 6.92 Å². The molecule has 2 amide bonds. The van der Waals surface area contributed by atoms with Gasteiger partial charge in [-0.15, -0.1) is 11.3 Å². The summed E-state index contributed by atoms with van der Waals surface area (Å²) in [4.78, 5) is 43.6. The van der Waals surface area contributed by atoms with E-state index in [0.29, 0.717) is 27.4 Å². The standard InChI is InChI=1S/C21H16N4O3S/c1-12(26)23-14-8-6-13(7-9-14)18-11-29-21(24-18)25-20(28)16-10-22-17-5-3-2-4-15(17)19(16)27/h2-11H,1H3,(H,22,27)(H,23,26)(H,24,25,28). The summed E-state index contributed by atoms with van der Waals surface area (Å²) in [5, 5.41) is 8.05. The molecule has 0 atom stereocenters. The highest BCUT2D eigenvalue weighted by molar-refractivity contribution is 7.14. The van der Waals surface area contributed by atoms with E-state index < -0.39 is 5.91 Å². The van der Waals surface area contributed by atoms with E-state index >= 15 is 0 Å². The number of rotatable bonds is 4. The topological polar surface area (TPSA) is 104 Å². The number of benzene rings is 2. The van der Waals surface area contributed by atoms with Crippen molar-refractivity contribution in [3.8, 4) is 11.3 Å². The summed E-state index contributed by atoms with van der Waals surface area (Å²) in [5.41, 5.74) is 2.60. The molecule has 0 saturated heterocycles. The second kappa shape index (κ2) is 7.69. The van der Waals surface area contributed by atoms with Gasteiger partial charge in [-0.3, -0.25) is 19.7 Å². The maximum atomic E-state index is 12.6. The van der Waals surface area contributed by atoms with Crippen LogP contribution in [-0.2, 0) is 4.79 Å². The normalized spacial score (nSPS) is 10.7. The van der Waals surface area contributed by atoms with Gasteiger partial charge < -0.3 is 10.3 Å². The number of anilines is 2. The second-order valence-corrected chi connectivity index (χ2v) is 7.19. The van der Waals surface area contributed by atoms with Gasteiger partial charge in [0.25, 0.3) is 5.91 Å². The fraction of sp³-hybridized carbons (Fsp3) is 0.0476. The number of aromatic amines is 1. The molecule has 7 nitrogen and oxygen atoms in total. The van der Waals surface area contributed by atoms with Crippen LogP contribution in [0.25, 0.3) is 22.2 Å². The van der Waals surface area contributed by atoms with Gasteiger partial charge in [-0.1, -0.05) is 24.3 Å². The second-order valence-electron chi connectivity index (χ2n) is 6.33. The van der Waals surface area contributed by atoms with Crippen molar-refractivity contribution in [2.75, 3.05) is 10.6 Å². The van der Waals surface area contributed by atoms with Gasteiger partial charge in [-0.05, 0) is 24.3 Å². The first-order chi connectivity index (χ1) is 14.0. The molecule has 2 aromatic heterocycles. The Morgan fingerprint density at radius 1 is 1.03 bits per heavy atom. The molecule has 8 heteroatoms. The number of aromatic nitrogens is 2. The van der Waals surface area contributed by atoms with E-state index in [-0.39, 0.29) is 16.9 Å². The molecule has 0 aliphatic carbocycles. The molecule has 2 aromatic carbocycles. The van der Waals surface area contributed by atoms with Crippen LogP contribution in [0.3, 0.4) is 0 Å². The van der Waals surface area contributed by atoms with E-state index in [4.69, 9.17) is 0 Å². The molecule has 4 rings (SSSR count). The minimum absolute atomic E-state index is 0.0279. The zero-order valence-corrected chi connectivity index (χ0v) is 16.2. The molecule has 4 aromatic rings. The van der Waals surface area contributed by atoms with Gasteiger partial charge in [0, 0.05) is 40.7 Å². The number of H-pyrrole nitrogens is 1. The summed E-state index contributed by atoms with van der Waals surface area (Å²) in [6, 6.07) is 14.3. The van der Waals surface area contributed by atoms with Crippen molar-refractivity contribution in [3.63, 3.8) is 0 Å². The molecule has 144 valence electrons. The number of hydrogen-bond acceptors (Lipinski definition) is 5. The number of pyridine rings is 1. The third-order valence-corrected chi connectivity index (χ3v) is 5.02. The molecule has 3 N–H and O–H groups in total. The quantitative estimate of drug-likeness (QED) is 0.480. The van der Waals surface area contributed by atoms with E-state index in [0.717, 1.165) is 5.56 Å². The van der Waals surface area contributed by atoms with Crippen LogP contribution < -0.4 is 16.1 Å². The number of hydrogen-bond donors (Lipinski definition) is 3. The fourth-order valence-electron chi connectivity index (χ4n) is 2.89. The van der Waals surface area contributed by atoms with Gasteiger partial charge in [0.05, 0.1) is 5.69 Å². The third-order valence-electron chi connectivity index (χ3n) is 4.26. The van der Waals surface area contributed by atoms with Crippen molar-refractivity contribution >= 4 is 44.9 Å². The minimum atomic E-state index is -0.515. The van der Waals surface area contributed by atoms with Crippen LogP contribution in [0, 0.1) is 0 Å². The highest BCUT2D eigenvalue weighted by atomic mass is 32.1. The Labute approximate surface area is 169 Å². The Bertz CT molecular complexity index is 1280. The molecular weight excluding hydrogens is 388 g/mol. The lowest BCUT2D eigenvalue weighted by Gasteiger charge is -2.04. The lowest BCUT2D eigenvalue weighted by Crippen LogP contribution is -2.21. The Kier molecular flexibility index (Phi) is 4.92. The first-order valence-electron chi connectivity index (χ1n) is 8.76. The van der Waals surface area contributed by atoms with Gasteiger partial charge in [0.2, 0.25) is 11.3 Å². The lowest BCUT2D eigenvalue weighted by atomic mass is 10.1. The van der Waals surface area contributed by atoms with Gasteiger partial charge in [-0.2, -0.15) is 0 Å². The number of carbonyl (C=O) groups excluding carboxylic acids is 2. The van der Waals surface area contributed by atoms with Crippen molar-refractivity contribution in [3.05, 3.63) is 75.9 Å². The predicted octanol–water partition coefficient (Wildman–Crippen LogP) is 3.86. The molecule has 29 heavy (non-hydrogen) atoms. The highest BCUT2D eigenvalue weighted by Crippen LogP contribution is 2.26. The van der Waals surface area contributed by atoms with E-state index in [1.165, 1.54) is 24.5 Å². The number of thiazole rings is 1. The fourth-order valence-corrected chi connectivity index (χ4v) is 3.61. The van der Waals surface area contributed by atoms with Crippen LogP contribution in [0.15, 0.2) is 64.9 Å². The smallest absolute Gasteiger partial charge is 0.262 e. The van der Waals surface area contributed by atoms with Crippen LogP contribution in [0.4, 0.5) is 10.8 Å². The summed E-state index contributed by atoms with van der Waals surface area (Å²) in [5.74, 6) is -0.654. The third kappa shape index (κ3) is 3.92. The Morgan fingerprint density at radius 2 is 1.79 bits per heavy atom. The number of nitrogens with zero attached hydrogens (tertiary/aromatic N) is 1. The van der Waals surface area contributed by atoms with E-state index in [9.17, 15) is 14.4 Å². The van der Waals surface area contributed by atoms with Gasteiger partial charge >= 0.3 is 0 Å². The van der Waals surface area contributed by atoms with E-state index in [1.54, 1.807) is 30.3 Å². The van der Waals surface area contributed by atoms with Crippen molar-refractivity contribution < 1.29 is 9.59 Å². The molecule has 0 bridgehead atoms.